The van der Waals surface area contributed by atoms with Crippen LogP contribution in [0.4, 0.5) is 0 Å². The van der Waals surface area contributed by atoms with Crippen LogP contribution in [-0.4, -0.2) is 22.8 Å². The van der Waals surface area contributed by atoms with E-state index >= 15 is 0 Å². The molecule has 0 aromatic carbocycles. The van der Waals surface area contributed by atoms with Gasteiger partial charge in [0.15, 0.2) is 0 Å². The molecule has 170 valence electrons. The molecule has 10 saturated heterocycles. The zero-order valence-electron chi connectivity index (χ0n) is 18.8. The monoisotopic (exact) mass is 494 g/mol. The predicted octanol–water partition coefficient (Wildman–Crippen LogP) is 6.95. The molecule has 0 atom stereocenters. The summed E-state index contributed by atoms with van der Waals surface area (Å²) in [6, 6.07) is 0. The fourth-order valence-electron chi connectivity index (χ4n) is 18.6. The van der Waals surface area contributed by atoms with Gasteiger partial charge in [-0.25, -0.2) is 20.0 Å². The van der Waals surface area contributed by atoms with Gasteiger partial charge in [-0.05, 0) is 72.9 Å². The second-order valence-electron chi connectivity index (χ2n) is 15.3. The standard InChI is InChI=1S/C20H12N4.2C5H5.Fe/c1-2-14-10-16-5-6-18(23-16)12-20-8-7-19(24-20)11-17-4-3-15(22-17)9-13(1)21-14;2*1-2-4-5-3-1;/h1-12H;2*1-5H;. The number of hydrogen-bond donors (Lipinski definition) is 0. The van der Waals surface area contributed by atoms with Crippen LogP contribution in [0.15, 0.2) is 116 Å². The van der Waals surface area contributed by atoms with Gasteiger partial charge in [-0.3, -0.25) is 0 Å². The molecule has 15 aliphatic rings. The van der Waals surface area contributed by atoms with Crippen molar-refractivity contribution in [2.45, 2.75) is 48.2 Å². The minimum absolute atomic E-state index is 0.894. The van der Waals surface area contributed by atoms with Crippen molar-refractivity contribution in [2.75, 3.05) is 0 Å². The summed E-state index contributed by atoms with van der Waals surface area (Å²) in [6.07, 6.45) is 23.8. The van der Waals surface area contributed by atoms with Crippen LogP contribution in [0.25, 0.3) is 0 Å². The van der Waals surface area contributed by atoms with Gasteiger partial charge in [-0.15, -0.1) is 0 Å². The van der Waals surface area contributed by atoms with Gasteiger partial charge in [0, 0.05) is 0 Å². The molecular weight excluding hydrogens is 472 g/mol. The number of rotatable bonds is 0. The van der Waals surface area contributed by atoms with Crippen LogP contribution in [0.1, 0.15) is 0 Å². The third-order valence-electron chi connectivity index (χ3n) is 18.5. The van der Waals surface area contributed by atoms with Crippen molar-refractivity contribution in [1.29, 1.82) is 0 Å². The molecule has 35 heavy (non-hydrogen) atoms. The summed E-state index contributed by atoms with van der Waals surface area (Å²) < 4.78 is 0. The Kier molecular flexibility index (Phi) is 0.980. The fraction of sp³-hybridized carbons (Fsp3) is 0.333. The van der Waals surface area contributed by atoms with Gasteiger partial charge in [0.2, 0.25) is 0 Å². The summed E-state index contributed by atoms with van der Waals surface area (Å²) in [4.78, 5) is 34.3. The van der Waals surface area contributed by atoms with E-state index in [1.165, 1.54) is 0 Å². The van der Waals surface area contributed by atoms with E-state index in [1.807, 2.05) is 72.9 Å². The average molecular weight is 494 g/mol. The van der Waals surface area contributed by atoms with Gasteiger partial charge in [0.25, 0.3) is 0 Å². The molecule has 8 bridgehead atoms. The third-order valence-corrected chi connectivity index (χ3v) is 60.4. The molecule has 15 heterocycles. The molecule has 0 amide bonds. The zero-order chi connectivity index (χ0) is 22.0. The minimum atomic E-state index is -2.28. The number of nitrogens with zero attached hydrogens (tertiary/aromatic N) is 4. The van der Waals surface area contributed by atoms with E-state index in [0.717, 1.165) is 45.6 Å². The van der Waals surface area contributed by atoms with Crippen molar-refractivity contribution >= 4 is 22.8 Å². The van der Waals surface area contributed by atoms with Crippen LogP contribution in [-0.2, 0) is 6.51 Å². The molecule has 0 aliphatic carbocycles. The van der Waals surface area contributed by atoms with Gasteiger partial charge in [-0.1, -0.05) is 0 Å². The first-order chi connectivity index (χ1) is 17.0. The van der Waals surface area contributed by atoms with E-state index in [1.54, 1.807) is 48.2 Å². The van der Waals surface area contributed by atoms with Gasteiger partial charge >= 0.3 is 54.7 Å². The van der Waals surface area contributed by atoms with Crippen molar-refractivity contribution in [3.8, 4) is 0 Å². The Morgan fingerprint density at radius 3 is 0.743 bits per heavy atom. The van der Waals surface area contributed by atoms with E-state index in [0.29, 0.717) is 0 Å². The van der Waals surface area contributed by atoms with Crippen LogP contribution < -0.4 is 0 Å². The number of fused-ring (bicyclic) bond motifs is 14. The number of aliphatic imine (C=N–C) groups is 4. The average Bonchev–Trinajstić information content (AvgIpc) is 3.63. The number of hydrogen-bond acceptors (Lipinski definition) is 4. The molecule has 15 rings (SSSR count). The quantitative estimate of drug-likeness (QED) is 0.327. The molecule has 5 heteroatoms. The second kappa shape index (κ2) is 2.25. The topological polar surface area (TPSA) is 49.4 Å². The van der Waals surface area contributed by atoms with E-state index in [4.69, 9.17) is 0 Å². The zero-order valence-corrected chi connectivity index (χ0v) is 19.9. The first kappa shape index (κ1) is 15.3. The number of allylic oxidation sites excluding steroid dienone is 12. The van der Waals surface area contributed by atoms with Crippen LogP contribution in [0.2, 0.25) is 48.2 Å². The van der Waals surface area contributed by atoms with Crippen molar-refractivity contribution in [1.82, 2.24) is 0 Å². The summed E-state index contributed by atoms with van der Waals surface area (Å²) in [5, 5.41) is 0. The van der Waals surface area contributed by atoms with E-state index < -0.39 is 6.51 Å². The summed E-state index contributed by atoms with van der Waals surface area (Å²) in [7, 11) is 0. The fourth-order valence-corrected chi connectivity index (χ4v) is 90.8. The summed E-state index contributed by atoms with van der Waals surface area (Å²) in [5.41, 5.74) is 7.15. The maximum atomic E-state index is 4.59. The van der Waals surface area contributed by atoms with Crippen LogP contribution >= 0.6 is 0 Å². The Morgan fingerprint density at radius 2 is 0.571 bits per heavy atom. The molecule has 15 aliphatic heterocycles. The van der Waals surface area contributed by atoms with Gasteiger partial charge < -0.3 is 0 Å². The van der Waals surface area contributed by atoms with Crippen LogP contribution in [0.5, 0.6) is 0 Å². The molecule has 4 nitrogen and oxygen atoms in total. The van der Waals surface area contributed by atoms with Crippen molar-refractivity contribution in [2.24, 2.45) is 20.0 Å². The third kappa shape index (κ3) is 0.425. The van der Waals surface area contributed by atoms with Gasteiger partial charge in [0.05, 0.1) is 45.6 Å². The first-order valence-electron chi connectivity index (χ1n) is 13.1. The second-order valence-corrected chi connectivity index (χ2v) is 39.3. The Balaban J connectivity index is 0.000000108. The van der Waals surface area contributed by atoms with Crippen molar-refractivity contribution in [3.05, 3.63) is 95.7 Å². The summed E-state index contributed by atoms with van der Waals surface area (Å²) >= 11 is 0. The Bertz CT molecular complexity index is 1740. The van der Waals surface area contributed by atoms with Gasteiger partial charge in [-0.2, -0.15) is 0 Å². The molecule has 0 aromatic heterocycles. The Morgan fingerprint density at radius 1 is 0.343 bits per heavy atom. The van der Waals surface area contributed by atoms with Crippen LogP contribution in [0.3, 0.4) is 0 Å². The first-order valence-corrected chi connectivity index (χ1v) is 19.5. The SMILES string of the molecule is C1=CC2=NC1=CC1=NC(=CC3=NC(=CC4=NC(=C2)C=C4)C=C3)C=C1.[CH]12[CH]3[CH]4[CH]5[CH]1[Fe]23451678[CH]2[CH]1[CH]6[CH]7[CH]28. The molecule has 10 fully saturated rings. The molecule has 0 saturated carbocycles. The molecule has 0 unspecified atom stereocenters. The van der Waals surface area contributed by atoms with Gasteiger partial charge in [0.1, 0.15) is 0 Å². The Labute approximate surface area is 192 Å². The predicted molar refractivity (Wildman–Crippen MR) is 136 cm³/mol. The molecule has 0 radical (unpaired) electrons. The van der Waals surface area contributed by atoms with Crippen molar-refractivity contribution < 1.29 is 6.51 Å². The van der Waals surface area contributed by atoms with E-state index in [9.17, 15) is 0 Å². The normalized spacial score (nSPS) is 69.3. The molecular formula is C30H22FeN4. The van der Waals surface area contributed by atoms with Crippen molar-refractivity contribution in [3.63, 3.8) is 0 Å². The summed E-state index contributed by atoms with van der Waals surface area (Å²) in [6.45, 7) is -2.28. The molecule has 0 N–H and O–H groups in total. The maximum absolute atomic E-state index is 4.59. The van der Waals surface area contributed by atoms with Crippen LogP contribution in [0, 0.1) is 0 Å². The van der Waals surface area contributed by atoms with E-state index in [2.05, 4.69) is 20.0 Å². The van der Waals surface area contributed by atoms with E-state index in [-0.39, 0.29) is 0 Å². The Hall–Kier alpha value is -2.88. The summed E-state index contributed by atoms with van der Waals surface area (Å²) in [5.74, 6) is 0. The molecule has 0 aromatic rings. The molecule has 1 spiro atoms.